The van der Waals surface area contributed by atoms with Crippen LogP contribution in [-0.2, 0) is 20.6 Å². The van der Waals surface area contributed by atoms with Crippen LogP contribution in [0.2, 0.25) is 0 Å². The molecule has 1 heterocycles. The third-order valence-corrected chi connectivity index (χ3v) is 5.71. The number of carboxylic acids is 1. The first-order valence-corrected chi connectivity index (χ1v) is 11.3. The summed E-state index contributed by atoms with van der Waals surface area (Å²) in [5, 5.41) is 11.0. The number of halogens is 7. The van der Waals surface area contributed by atoms with Gasteiger partial charge in [-0.3, -0.25) is 14.4 Å². The lowest BCUT2D eigenvalue weighted by Gasteiger charge is -2.19. The minimum absolute atomic E-state index is 0.0981. The molecule has 2 atom stereocenters. The highest BCUT2D eigenvalue weighted by Gasteiger charge is 2.34. The summed E-state index contributed by atoms with van der Waals surface area (Å²) in [6.07, 6.45) is -4.92. The highest BCUT2D eigenvalue weighted by molar-refractivity contribution is 5.93. The van der Waals surface area contributed by atoms with Crippen molar-refractivity contribution in [1.82, 2.24) is 9.88 Å². The van der Waals surface area contributed by atoms with E-state index in [0.29, 0.717) is 12.1 Å². The number of Topliss-reactive ketones (excluding diaryl/α,β-unsaturated/α-hetero) is 1. The van der Waals surface area contributed by atoms with Crippen molar-refractivity contribution < 1.29 is 59.9 Å². The van der Waals surface area contributed by atoms with Gasteiger partial charge in [-0.15, -0.1) is 0 Å². The number of hydrogen-bond donors (Lipinski definition) is 2. The first kappa shape index (κ1) is 30.0. The molecule has 0 fully saturated rings. The van der Waals surface area contributed by atoms with Crippen molar-refractivity contribution >= 4 is 28.6 Å². The van der Waals surface area contributed by atoms with E-state index >= 15 is 0 Å². The van der Waals surface area contributed by atoms with Crippen molar-refractivity contribution in [3.8, 4) is 5.75 Å². The van der Waals surface area contributed by atoms with Gasteiger partial charge in [-0.05, 0) is 24.6 Å². The molecular formula is C24H19F7N3O6+. The Hall–Kier alpha value is -4.50. The van der Waals surface area contributed by atoms with E-state index in [-0.39, 0.29) is 23.4 Å². The molecule has 2 aromatic carbocycles. The molecule has 3 N–H and O–H groups in total. The van der Waals surface area contributed by atoms with Crippen molar-refractivity contribution in [3.05, 3.63) is 69.8 Å². The van der Waals surface area contributed by atoms with Crippen molar-refractivity contribution in [2.45, 2.75) is 38.0 Å². The first-order chi connectivity index (χ1) is 18.6. The number of ether oxygens (including phenoxy) is 1. The molecule has 3 aromatic rings. The summed E-state index contributed by atoms with van der Waals surface area (Å²) < 4.78 is 98.7. The fourth-order valence-electron chi connectivity index (χ4n) is 3.71. The van der Waals surface area contributed by atoms with Gasteiger partial charge in [0.2, 0.25) is 18.0 Å². The molecule has 1 amide bonds. The molecule has 0 saturated heterocycles. The fraction of sp³-hybridized carbons (Fsp3) is 0.292. The lowest BCUT2D eigenvalue weighted by atomic mass is 10.1. The van der Waals surface area contributed by atoms with Crippen LogP contribution in [0.1, 0.15) is 31.4 Å². The van der Waals surface area contributed by atoms with E-state index in [1.807, 2.05) is 0 Å². The smallest absolute Gasteiger partial charge is 0.416 e. The Bertz CT molecular complexity index is 1510. The van der Waals surface area contributed by atoms with E-state index in [9.17, 15) is 49.9 Å². The van der Waals surface area contributed by atoms with Gasteiger partial charge in [0.25, 0.3) is 5.91 Å². The van der Waals surface area contributed by atoms with E-state index in [4.69, 9.17) is 5.11 Å². The molecule has 0 aliphatic rings. The van der Waals surface area contributed by atoms with Gasteiger partial charge in [-0.1, -0.05) is 6.92 Å². The number of nitrogens with one attached hydrogen (secondary N) is 2. The Kier molecular flexibility index (Phi) is 8.80. The molecule has 3 rings (SSSR count). The van der Waals surface area contributed by atoms with Crippen LogP contribution in [0.15, 0.2) is 35.4 Å². The van der Waals surface area contributed by atoms with Gasteiger partial charge < -0.3 is 15.2 Å². The summed E-state index contributed by atoms with van der Waals surface area (Å²) in [5.74, 6) is -13.1. The molecule has 214 valence electrons. The van der Waals surface area contributed by atoms with Gasteiger partial charge in [0, 0.05) is 6.07 Å². The lowest BCUT2D eigenvalue weighted by Crippen LogP contribution is -2.48. The third-order valence-electron chi connectivity index (χ3n) is 5.71. The molecule has 0 saturated carbocycles. The van der Waals surface area contributed by atoms with E-state index in [0.717, 1.165) is 17.0 Å². The van der Waals surface area contributed by atoms with E-state index in [2.05, 4.69) is 15.0 Å². The Balaban J connectivity index is 1.85. The minimum Gasteiger partial charge on any atom is -0.481 e. The topological polar surface area (TPSA) is 129 Å². The average Bonchev–Trinajstić information content (AvgIpc) is 2.87. The second-order valence-electron chi connectivity index (χ2n) is 8.38. The van der Waals surface area contributed by atoms with Crippen LogP contribution in [-0.4, -0.2) is 40.0 Å². The highest BCUT2D eigenvalue weighted by atomic mass is 19.4. The lowest BCUT2D eigenvalue weighted by molar-refractivity contribution is -0.353. The zero-order valence-corrected chi connectivity index (χ0v) is 20.2. The number of amides is 1. The first-order valence-electron chi connectivity index (χ1n) is 11.3. The normalized spacial score (nSPS) is 13.1. The van der Waals surface area contributed by atoms with E-state index < -0.39 is 89.1 Å². The van der Waals surface area contributed by atoms with Crippen LogP contribution in [0.25, 0.3) is 10.9 Å². The molecule has 0 spiro atoms. The number of ketones is 1. The Labute approximate surface area is 219 Å². The number of nitrogens with zero attached hydrogens (tertiary/aromatic N) is 1. The largest absolute Gasteiger partial charge is 0.481 e. The SMILES string of the molecule is CC[C@@H](C(=O)N[C@@H](CC(=O)O)C(=O)COc1c(F)c(F)cc(F)c1F)n1c[nH+]c2cc(C(F)(F)F)ccc2c1=O. The Morgan fingerprint density at radius 3 is 2.25 bits per heavy atom. The number of rotatable bonds is 10. The van der Waals surface area contributed by atoms with Gasteiger partial charge in [0.15, 0.2) is 29.2 Å². The van der Waals surface area contributed by atoms with Crippen LogP contribution in [0.5, 0.6) is 5.75 Å². The maximum Gasteiger partial charge on any atom is 0.416 e. The van der Waals surface area contributed by atoms with Gasteiger partial charge >= 0.3 is 17.7 Å². The van der Waals surface area contributed by atoms with Crippen molar-refractivity contribution in [3.63, 3.8) is 0 Å². The third kappa shape index (κ3) is 6.38. The maximum absolute atomic E-state index is 13.8. The standard InChI is InChI=1S/C24H18F7N3O6/c1-2-16(34-9-32-14-5-10(24(29,30)31)3-4-11(14)23(34)39)22(38)33-15(7-18(36)37)17(35)8-40-21-19(27)12(25)6-13(26)20(21)28/h3-6,9,15-16H,2,7-8H2,1H3,(H,33,38)(H,36,37)/p+1/t15-,16-/m0/s1. The fourth-order valence-corrected chi connectivity index (χ4v) is 3.71. The number of alkyl halides is 3. The second kappa shape index (κ2) is 11.7. The zero-order chi connectivity index (χ0) is 29.9. The molecule has 0 radical (unpaired) electrons. The number of carboxylic acid groups (broad SMARTS) is 1. The number of aliphatic carboxylic acids is 1. The number of benzene rings is 2. The van der Waals surface area contributed by atoms with E-state index in [1.165, 1.54) is 6.92 Å². The maximum atomic E-state index is 13.8. The van der Waals surface area contributed by atoms with Gasteiger partial charge in [0.1, 0.15) is 23.6 Å². The van der Waals surface area contributed by atoms with Gasteiger partial charge in [0.05, 0.1) is 12.0 Å². The van der Waals surface area contributed by atoms with Crippen LogP contribution < -0.4 is 20.6 Å². The molecule has 0 aliphatic heterocycles. The molecule has 0 unspecified atom stereocenters. The number of hydrogen-bond acceptors (Lipinski definition) is 5. The van der Waals surface area contributed by atoms with Crippen molar-refractivity contribution in [1.29, 1.82) is 0 Å². The summed E-state index contributed by atoms with van der Waals surface area (Å²) in [5.41, 5.74) is -2.10. The molecule has 9 nitrogen and oxygen atoms in total. The van der Waals surface area contributed by atoms with Gasteiger partial charge in [-0.25, -0.2) is 18.6 Å². The molecule has 0 bridgehead atoms. The minimum atomic E-state index is -4.68. The predicted octanol–water partition coefficient (Wildman–Crippen LogP) is 2.95. The van der Waals surface area contributed by atoms with E-state index in [1.54, 1.807) is 0 Å². The number of fused-ring (bicyclic) bond motifs is 1. The molecule has 16 heteroatoms. The van der Waals surface area contributed by atoms with Crippen molar-refractivity contribution in [2.75, 3.05) is 6.61 Å². The Morgan fingerprint density at radius 1 is 1.07 bits per heavy atom. The Morgan fingerprint density at radius 2 is 1.70 bits per heavy atom. The van der Waals surface area contributed by atoms with Crippen LogP contribution in [0.3, 0.4) is 0 Å². The monoisotopic (exact) mass is 578 g/mol. The molecule has 1 aromatic heterocycles. The molecule has 0 aliphatic carbocycles. The molecular weight excluding hydrogens is 559 g/mol. The molecule has 40 heavy (non-hydrogen) atoms. The summed E-state index contributed by atoms with van der Waals surface area (Å²) >= 11 is 0. The second-order valence-corrected chi connectivity index (χ2v) is 8.38. The summed E-state index contributed by atoms with van der Waals surface area (Å²) in [6, 6.07) is -1.11. The van der Waals surface area contributed by atoms with Gasteiger partial charge in [-0.2, -0.15) is 26.5 Å². The van der Waals surface area contributed by atoms with Crippen LogP contribution in [0.4, 0.5) is 30.7 Å². The number of carbonyl (C=O) groups excluding carboxylic acids is 2. The number of aromatic nitrogens is 2. The number of carbonyl (C=O) groups is 3. The highest BCUT2D eigenvalue weighted by Crippen LogP contribution is 2.30. The zero-order valence-electron chi connectivity index (χ0n) is 20.2. The summed E-state index contributed by atoms with van der Waals surface area (Å²) in [6.45, 7) is 0.131. The van der Waals surface area contributed by atoms with Crippen molar-refractivity contribution in [2.24, 2.45) is 0 Å². The summed E-state index contributed by atoms with van der Waals surface area (Å²) in [7, 11) is 0. The predicted molar refractivity (Wildman–Crippen MR) is 120 cm³/mol. The average molecular weight is 578 g/mol. The number of H-pyrrole nitrogens is 1. The van der Waals surface area contributed by atoms with Crippen LogP contribution in [0, 0.1) is 23.3 Å². The summed E-state index contributed by atoms with van der Waals surface area (Å²) in [4.78, 5) is 52.2. The van der Waals surface area contributed by atoms with Crippen LogP contribution >= 0.6 is 0 Å². The quantitative estimate of drug-likeness (QED) is 0.281. The number of aromatic amines is 1.